The molecule has 74 heavy (non-hydrogen) atoms. The van der Waals surface area contributed by atoms with Crippen molar-refractivity contribution < 1.29 is 41.4 Å². The van der Waals surface area contributed by atoms with E-state index in [4.69, 9.17) is 19.2 Å². The van der Waals surface area contributed by atoms with E-state index in [1.54, 1.807) is 35.7 Å². The summed E-state index contributed by atoms with van der Waals surface area (Å²) in [6.07, 6.45) is 0.0575. The molecule has 7 aromatic rings. The van der Waals surface area contributed by atoms with E-state index in [0.29, 0.717) is 93.3 Å². The van der Waals surface area contributed by atoms with Crippen LogP contribution in [0.5, 0.6) is 11.5 Å². The number of hydrogen-bond donors (Lipinski definition) is 2. The molecular formula is C52H55F4N13O5. The molecule has 0 bridgehead atoms. The maximum atomic E-state index is 14.3. The van der Waals surface area contributed by atoms with Crippen LogP contribution in [0.4, 0.5) is 46.0 Å². The van der Waals surface area contributed by atoms with Gasteiger partial charge in [0, 0.05) is 62.9 Å². The highest BCUT2D eigenvalue weighted by Crippen LogP contribution is 2.42. The molecule has 22 heteroatoms. The molecule has 2 aliphatic heterocycles. The van der Waals surface area contributed by atoms with Crippen molar-refractivity contribution in [1.82, 2.24) is 49.0 Å². The molecule has 386 valence electrons. The number of anilines is 4. The minimum Gasteiger partial charge on any atom is -0.495 e. The number of halogens is 4. The SMILES string of the molecule is COc1cc(-c2nc(C)nn2C)ccc1Nc1cc(CC(=O)C2CC2)nc2c1N=C(C(F)F)C2.COc1cc(-c2nc(C)nn2C)ccc1Nc1cc(CC(=O)C2CC2)nc2c1nc(C(F)F)n2C1CCCCO1. The second-order valence-electron chi connectivity index (χ2n) is 19.0. The number of nitrogens with one attached hydrogen (secondary N) is 2. The Morgan fingerprint density at radius 3 is 1.73 bits per heavy atom. The quantitative estimate of drug-likeness (QED) is 0.0816. The molecule has 7 heterocycles. The second kappa shape index (κ2) is 20.7. The van der Waals surface area contributed by atoms with Crippen LogP contribution < -0.4 is 20.1 Å². The first-order chi connectivity index (χ1) is 35.6. The van der Waals surface area contributed by atoms with Crippen LogP contribution in [0.2, 0.25) is 0 Å². The summed E-state index contributed by atoms with van der Waals surface area (Å²) in [5, 5.41) is 15.2. The summed E-state index contributed by atoms with van der Waals surface area (Å²) in [6.45, 7) is 4.12. The third kappa shape index (κ3) is 10.6. The predicted octanol–water partition coefficient (Wildman–Crippen LogP) is 9.80. The highest BCUT2D eigenvalue weighted by molar-refractivity contribution is 5.99. The first kappa shape index (κ1) is 49.9. The first-order valence-electron chi connectivity index (χ1n) is 24.6. The van der Waals surface area contributed by atoms with Crippen LogP contribution in [0.25, 0.3) is 33.9 Å². The van der Waals surface area contributed by atoms with Crippen LogP contribution in [-0.2, 0) is 47.7 Å². The van der Waals surface area contributed by atoms with Crippen LogP contribution in [0, 0.1) is 25.7 Å². The molecule has 1 atom stereocenters. The zero-order valence-electron chi connectivity index (χ0n) is 41.8. The molecule has 11 rings (SSSR count). The fourth-order valence-electron chi connectivity index (χ4n) is 9.39. The van der Waals surface area contributed by atoms with Crippen LogP contribution in [0.15, 0.2) is 53.5 Å². The average Bonchev–Trinajstić information content (AvgIpc) is 4.28. The number of alkyl halides is 4. The van der Waals surface area contributed by atoms with Gasteiger partial charge in [0.1, 0.15) is 52.1 Å². The Morgan fingerprint density at radius 1 is 0.689 bits per heavy atom. The summed E-state index contributed by atoms with van der Waals surface area (Å²) in [5.41, 5.74) is 6.01. The highest BCUT2D eigenvalue weighted by Gasteiger charge is 2.34. The van der Waals surface area contributed by atoms with Crippen LogP contribution in [0.3, 0.4) is 0 Å². The third-order valence-electron chi connectivity index (χ3n) is 13.3. The van der Waals surface area contributed by atoms with Crippen molar-refractivity contribution in [2.45, 2.75) is 97.1 Å². The van der Waals surface area contributed by atoms with Gasteiger partial charge in [-0.3, -0.25) is 19.1 Å². The lowest BCUT2D eigenvalue weighted by Gasteiger charge is -2.25. The number of carbonyl (C=O) groups is 2. The third-order valence-corrected chi connectivity index (χ3v) is 13.3. The van der Waals surface area contributed by atoms with Gasteiger partial charge >= 0.3 is 0 Å². The molecule has 2 aliphatic carbocycles. The molecule has 1 unspecified atom stereocenters. The van der Waals surface area contributed by atoms with Gasteiger partial charge in [-0.15, -0.1) is 0 Å². The summed E-state index contributed by atoms with van der Waals surface area (Å²) in [5.74, 6) is 3.72. The van der Waals surface area contributed by atoms with Crippen LogP contribution in [-0.4, -0.2) is 93.6 Å². The number of hydrogen-bond acceptors (Lipinski definition) is 15. The topological polar surface area (TPSA) is 203 Å². The number of imidazole rings is 1. The van der Waals surface area contributed by atoms with E-state index in [1.165, 1.54) is 4.57 Å². The minimum atomic E-state index is -2.83. The Bertz CT molecular complexity index is 3320. The van der Waals surface area contributed by atoms with Crippen molar-refractivity contribution in [2.75, 3.05) is 31.5 Å². The smallest absolute Gasteiger partial charge is 0.295 e. The number of methoxy groups -OCH3 is 2. The van der Waals surface area contributed by atoms with Crippen molar-refractivity contribution in [3.63, 3.8) is 0 Å². The van der Waals surface area contributed by atoms with Crippen molar-refractivity contribution in [1.29, 1.82) is 0 Å². The molecule has 3 fully saturated rings. The fraction of sp³-hybridized carbons (Fsp3) is 0.423. The molecule has 0 amide bonds. The number of rotatable bonds is 17. The van der Waals surface area contributed by atoms with E-state index >= 15 is 0 Å². The molecule has 1 saturated heterocycles. The van der Waals surface area contributed by atoms with Gasteiger partial charge in [-0.05, 0) is 107 Å². The number of pyridine rings is 2. The van der Waals surface area contributed by atoms with E-state index in [2.05, 4.69) is 45.8 Å². The standard InChI is InChI=1S/C28H31F2N7O3.C24H24F2N6O2/c1-15-31-26(36(2)35-15)17-9-10-19(22(12-17)39-3)33-20-13-18(14-21(38)16-7-8-16)32-27-24(20)34-28(25(29)30)37(27)23-6-4-5-11-40-23;1-12-27-24(32(2)31-12)14-6-7-16(21(8-14)34-3)29-17-9-15(10-20(33)13-4-5-13)28-18-11-19(23(25)26)30-22(17)18/h9-10,12-13,16,23,25H,4-8,11,14H2,1-3H3,(H,32,33);6-9,13,23H,4-5,10-11H2,1-3H3,(H,28,29). The van der Waals surface area contributed by atoms with Gasteiger partial charge in [0.2, 0.25) is 0 Å². The lowest BCUT2D eigenvalue weighted by atomic mass is 10.1. The van der Waals surface area contributed by atoms with Crippen LogP contribution in [0.1, 0.15) is 92.2 Å². The van der Waals surface area contributed by atoms with Crippen LogP contribution >= 0.6 is 0 Å². The van der Waals surface area contributed by atoms with Gasteiger partial charge in [0.25, 0.3) is 12.9 Å². The summed E-state index contributed by atoms with van der Waals surface area (Å²) < 4.78 is 77.3. The number of aliphatic imine (C=N–C) groups is 1. The number of nitrogens with zero attached hydrogens (tertiary/aromatic N) is 11. The molecule has 2 aromatic carbocycles. The maximum absolute atomic E-state index is 14.3. The number of ether oxygens (including phenoxy) is 3. The normalized spacial score (nSPS) is 16.3. The molecule has 4 aliphatic rings. The van der Waals surface area contributed by atoms with Gasteiger partial charge in [0.05, 0.1) is 59.8 Å². The molecule has 18 nitrogen and oxygen atoms in total. The molecule has 5 aromatic heterocycles. The summed E-state index contributed by atoms with van der Waals surface area (Å²) >= 11 is 0. The van der Waals surface area contributed by atoms with E-state index < -0.39 is 24.9 Å². The minimum absolute atomic E-state index is 0.0330. The molecule has 2 N–H and O–H groups in total. The number of ketones is 2. The Morgan fingerprint density at radius 2 is 1.24 bits per heavy atom. The number of fused-ring (bicyclic) bond motifs is 2. The molecule has 0 spiro atoms. The van der Waals surface area contributed by atoms with Crippen molar-refractivity contribution >= 4 is 56.9 Å². The summed E-state index contributed by atoms with van der Waals surface area (Å²) in [4.78, 5) is 51.7. The molecule has 0 radical (unpaired) electrons. The van der Waals surface area contributed by atoms with E-state index in [1.807, 2.05) is 64.3 Å². The van der Waals surface area contributed by atoms with E-state index in [9.17, 15) is 27.2 Å². The highest BCUT2D eigenvalue weighted by atomic mass is 19.3. The van der Waals surface area contributed by atoms with E-state index in [-0.39, 0.29) is 59.5 Å². The first-order valence-corrected chi connectivity index (χ1v) is 24.6. The lowest BCUT2D eigenvalue weighted by Crippen LogP contribution is -2.21. The molecular weight excluding hydrogens is 963 g/mol. The average molecular weight is 1020 g/mol. The zero-order valence-corrected chi connectivity index (χ0v) is 41.8. The Hall–Kier alpha value is -7.62. The molecule has 2 saturated carbocycles. The summed E-state index contributed by atoms with van der Waals surface area (Å²) in [7, 11) is 6.74. The second-order valence-corrected chi connectivity index (χ2v) is 19.0. The zero-order chi connectivity index (χ0) is 51.9. The van der Waals surface area contributed by atoms with Gasteiger partial charge in [-0.25, -0.2) is 51.9 Å². The van der Waals surface area contributed by atoms with Gasteiger partial charge in [0.15, 0.2) is 23.1 Å². The Balaban J connectivity index is 0.000000172. The van der Waals surface area contributed by atoms with Gasteiger partial charge in [-0.2, -0.15) is 10.2 Å². The van der Waals surface area contributed by atoms with E-state index in [0.717, 1.165) is 49.7 Å². The Labute approximate surface area is 423 Å². The van der Waals surface area contributed by atoms with Crippen molar-refractivity contribution in [3.8, 4) is 34.3 Å². The number of aryl methyl sites for hydroxylation is 4. The number of Topliss-reactive ketones (excluding diaryl/α,β-unsaturated/α-hetero) is 2. The van der Waals surface area contributed by atoms with Gasteiger partial charge < -0.3 is 24.8 Å². The maximum Gasteiger partial charge on any atom is 0.295 e. The lowest BCUT2D eigenvalue weighted by molar-refractivity contribution is -0.120. The Kier molecular flexibility index (Phi) is 14.0. The van der Waals surface area contributed by atoms with Crippen molar-refractivity contribution in [2.24, 2.45) is 30.9 Å². The monoisotopic (exact) mass is 1020 g/mol. The largest absolute Gasteiger partial charge is 0.495 e. The number of aromatic nitrogens is 10. The summed E-state index contributed by atoms with van der Waals surface area (Å²) in [6, 6.07) is 14.5. The van der Waals surface area contributed by atoms with Gasteiger partial charge in [-0.1, -0.05) is 0 Å². The number of carbonyl (C=O) groups excluding carboxylic acids is 2. The fourth-order valence-corrected chi connectivity index (χ4v) is 9.39. The predicted molar refractivity (Wildman–Crippen MR) is 267 cm³/mol. The number of benzene rings is 2. The van der Waals surface area contributed by atoms with Crippen molar-refractivity contribution in [3.05, 3.63) is 83.1 Å².